The quantitative estimate of drug-likeness (QED) is 0.221. The molecule has 0 fully saturated rings. The molecule has 0 spiro atoms. The van der Waals surface area contributed by atoms with Gasteiger partial charge in [0.1, 0.15) is 11.2 Å². The zero-order valence-corrected chi connectivity index (χ0v) is 22.5. The molecule has 42 heavy (non-hydrogen) atoms. The van der Waals surface area contributed by atoms with E-state index in [1.807, 2.05) is 18.3 Å². The van der Waals surface area contributed by atoms with Crippen LogP contribution >= 0.6 is 0 Å². The molecule has 10 rings (SSSR count). The van der Waals surface area contributed by atoms with Gasteiger partial charge in [-0.2, -0.15) is 0 Å². The maximum absolute atomic E-state index is 6.09. The second-order valence-electron chi connectivity index (χ2n) is 11.2. The molecule has 0 radical (unpaired) electrons. The fraction of sp³-hybridized carbons (Fsp3) is 0. The van der Waals surface area contributed by atoms with Crippen LogP contribution in [0.1, 0.15) is 0 Å². The number of aromatic nitrogens is 2. The fourth-order valence-electron chi connectivity index (χ4n) is 7.13. The Balaban J connectivity index is 1.22. The molecule has 3 aromatic heterocycles. The van der Waals surface area contributed by atoms with E-state index in [-0.39, 0.29) is 0 Å². The Labute approximate surface area is 240 Å². The Morgan fingerprint density at radius 3 is 2.07 bits per heavy atom. The molecule has 0 N–H and O–H groups in total. The second kappa shape index (κ2) is 7.96. The summed E-state index contributed by atoms with van der Waals surface area (Å²) in [5, 5.41) is 6.01. The van der Waals surface area contributed by atoms with Crippen LogP contribution in [0.5, 0.6) is 0 Å². The van der Waals surface area contributed by atoms with Crippen LogP contribution in [0.4, 0.5) is 0 Å². The van der Waals surface area contributed by atoms with Crippen molar-refractivity contribution in [2.45, 2.75) is 0 Å². The molecule has 9 aromatic rings. The van der Waals surface area contributed by atoms with Gasteiger partial charge in [0.25, 0.3) is 0 Å². The van der Waals surface area contributed by atoms with Gasteiger partial charge in [-0.3, -0.25) is 4.98 Å². The summed E-state index contributed by atoms with van der Waals surface area (Å²) >= 11 is 0. The lowest BCUT2D eigenvalue weighted by Gasteiger charge is -2.11. The summed E-state index contributed by atoms with van der Waals surface area (Å²) in [6, 6.07) is 45.7. The van der Waals surface area contributed by atoms with E-state index in [0.29, 0.717) is 0 Å². The number of hydrogen-bond acceptors (Lipinski definition) is 2. The van der Waals surface area contributed by atoms with Crippen molar-refractivity contribution in [1.29, 1.82) is 0 Å². The molecule has 6 aromatic carbocycles. The molecule has 1 aliphatic rings. The van der Waals surface area contributed by atoms with E-state index in [9.17, 15) is 0 Å². The average molecular weight is 535 g/mol. The normalized spacial score (nSPS) is 12.3. The number of nitrogens with zero attached hydrogens (tertiary/aromatic N) is 2. The van der Waals surface area contributed by atoms with Crippen molar-refractivity contribution in [2.75, 3.05) is 0 Å². The maximum Gasteiger partial charge on any atom is 0.135 e. The topological polar surface area (TPSA) is 31.0 Å². The first-order valence-corrected chi connectivity index (χ1v) is 14.3. The molecule has 1 aliphatic carbocycles. The third kappa shape index (κ3) is 2.87. The van der Waals surface area contributed by atoms with Crippen molar-refractivity contribution < 1.29 is 4.42 Å². The highest BCUT2D eigenvalue weighted by molar-refractivity contribution is 6.16. The smallest absolute Gasteiger partial charge is 0.135 e. The summed E-state index contributed by atoms with van der Waals surface area (Å²) in [7, 11) is 0. The molecular weight excluding hydrogens is 512 g/mol. The van der Waals surface area contributed by atoms with Crippen LogP contribution in [0.3, 0.4) is 0 Å². The highest BCUT2D eigenvalue weighted by Crippen LogP contribution is 2.48. The van der Waals surface area contributed by atoms with Gasteiger partial charge in [-0.15, -0.1) is 0 Å². The number of pyridine rings is 1. The number of fused-ring (bicyclic) bond motifs is 9. The molecule has 3 heteroatoms. The molecule has 0 unspecified atom stereocenters. The number of rotatable bonds is 2. The first-order chi connectivity index (χ1) is 20.8. The number of hydrogen-bond donors (Lipinski definition) is 0. The summed E-state index contributed by atoms with van der Waals surface area (Å²) in [6.07, 6.45) is 1.94. The Bertz CT molecular complexity index is 2580. The molecule has 194 valence electrons. The van der Waals surface area contributed by atoms with E-state index in [0.717, 1.165) is 33.1 Å². The number of benzene rings is 6. The highest BCUT2D eigenvalue weighted by atomic mass is 16.3. The van der Waals surface area contributed by atoms with Gasteiger partial charge in [-0.05, 0) is 88.0 Å². The van der Waals surface area contributed by atoms with Gasteiger partial charge in [0.15, 0.2) is 0 Å². The van der Waals surface area contributed by atoms with Crippen molar-refractivity contribution in [1.82, 2.24) is 9.55 Å². The lowest BCUT2D eigenvalue weighted by Crippen LogP contribution is -1.95. The predicted molar refractivity (Wildman–Crippen MR) is 173 cm³/mol. The summed E-state index contributed by atoms with van der Waals surface area (Å²) in [6.45, 7) is 0. The van der Waals surface area contributed by atoms with Gasteiger partial charge in [0.2, 0.25) is 0 Å². The lowest BCUT2D eigenvalue weighted by molar-refractivity contribution is 0.669. The van der Waals surface area contributed by atoms with Crippen LogP contribution < -0.4 is 0 Å². The van der Waals surface area contributed by atoms with Gasteiger partial charge in [-0.1, -0.05) is 72.8 Å². The minimum atomic E-state index is 0.917. The van der Waals surface area contributed by atoms with Gasteiger partial charge in [-0.25, -0.2) is 0 Å². The fourth-order valence-corrected chi connectivity index (χ4v) is 7.13. The molecule has 0 bridgehead atoms. The average Bonchev–Trinajstić information content (AvgIpc) is 3.69. The Morgan fingerprint density at radius 1 is 0.476 bits per heavy atom. The van der Waals surface area contributed by atoms with Gasteiger partial charge >= 0.3 is 0 Å². The van der Waals surface area contributed by atoms with Crippen molar-refractivity contribution >= 4 is 54.6 Å². The first-order valence-electron chi connectivity index (χ1n) is 14.3. The van der Waals surface area contributed by atoms with Crippen LogP contribution in [0.25, 0.3) is 93.7 Å². The molecule has 3 heterocycles. The van der Waals surface area contributed by atoms with E-state index in [4.69, 9.17) is 9.40 Å². The number of para-hydroxylation sites is 2. The second-order valence-corrected chi connectivity index (χ2v) is 11.2. The maximum atomic E-state index is 6.09. The summed E-state index contributed by atoms with van der Waals surface area (Å²) in [5.41, 5.74) is 13.8. The SMILES string of the molecule is c1ccc2c(c1)-c1ccnc3cc(-n4c5ccccc5c5cc(-c6ccc7oc8ccccc8c7c6)ccc54)cc-2c13. The van der Waals surface area contributed by atoms with Crippen molar-refractivity contribution in [3.63, 3.8) is 0 Å². The van der Waals surface area contributed by atoms with E-state index in [1.54, 1.807) is 0 Å². The standard InChI is InChI=1S/C39H22N2O/c1-2-8-27-26(7-1)30-17-18-40-34-22-25(21-33(27)39(30)34)41-35-11-5-3-9-28(35)31-19-23(13-15-36(31)41)24-14-16-38-32(20-24)29-10-4-6-12-37(29)42-38/h1-22H. The Kier molecular flexibility index (Phi) is 4.18. The highest BCUT2D eigenvalue weighted by Gasteiger charge is 2.23. The Hall–Kier alpha value is -5.67. The third-order valence-electron chi connectivity index (χ3n) is 8.97. The zero-order valence-electron chi connectivity index (χ0n) is 22.5. The zero-order chi connectivity index (χ0) is 27.4. The molecule has 0 aliphatic heterocycles. The van der Waals surface area contributed by atoms with E-state index in [2.05, 4.69) is 120 Å². The first kappa shape index (κ1) is 22.1. The lowest BCUT2D eigenvalue weighted by atomic mass is 10.0. The molecular formula is C39H22N2O. The third-order valence-corrected chi connectivity index (χ3v) is 8.97. The summed E-state index contributed by atoms with van der Waals surface area (Å²) in [5.74, 6) is 0. The van der Waals surface area contributed by atoms with E-state index >= 15 is 0 Å². The van der Waals surface area contributed by atoms with E-state index in [1.165, 1.54) is 60.6 Å². The van der Waals surface area contributed by atoms with Crippen molar-refractivity contribution in [2.24, 2.45) is 0 Å². The molecule has 3 nitrogen and oxygen atoms in total. The predicted octanol–water partition coefficient (Wildman–Crippen LogP) is 10.5. The number of furan rings is 1. The monoisotopic (exact) mass is 534 g/mol. The Morgan fingerprint density at radius 2 is 1.17 bits per heavy atom. The van der Waals surface area contributed by atoms with Gasteiger partial charge in [0, 0.05) is 38.8 Å². The van der Waals surface area contributed by atoms with Gasteiger partial charge in [0.05, 0.1) is 16.6 Å². The van der Waals surface area contributed by atoms with Crippen LogP contribution in [-0.2, 0) is 0 Å². The van der Waals surface area contributed by atoms with E-state index < -0.39 is 0 Å². The summed E-state index contributed by atoms with van der Waals surface area (Å²) in [4.78, 5) is 4.83. The minimum Gasteiger partial charge on any atom is -0.456 e. The summed E-state index contributed by atoms with van der Waals surface area (Å²) < 4.78 is 8.49. The van der Waals surface area contributed by atoms with Crippen LogP contribution in [-0.4, -0.2) is 9.55 Å². The molecule has 0 saturated heterocycles. The van der Waals surface area contributed by atoms with Crippen LogP contribution in [0.15, 0.2) is 138 Å². The van der Waals surface area contributed by atoms with Crippen molar-refractivity contribution in [3.8, 4) is 39.1 Å². The molecule has 0 amide bonds. The minimum absolute atomic E-state index is 0.917. The van der Waals surface area contributed by atoms with Crippen LogP contribution in [0, 0.1) is 0 Å². The van der Waals surface area contributed by atoms with Crippen LogP contribution in [0.2, 0.25) is 0 Å². The molecule has 0 atom stereocenters. The van der Waals surface area contributed by atoms with Gasteiger partial charge < -0.3 is 8.98 Å². The van der Waals surface area contributed by atoms with Crippen molar-refractivity contribution in [3.05, 3.63) is 134 Å². The largest absolute Gasteiger partial charge is 0.456 e. The molecule has 0 saturated carbocycles.